The molecular weight excluding hydrogens is 326 g/mol. The van der Waals surface area contributed by atoms with Crippen LogP contribution in [0.1, 0.15) is 18.1 Å². The maximum atomic E-state index is 5.39. The van der Waals surface area contributed by atoms with E-state index in [2.05, 4.69) is 58.8 Å². The van der Waals surface area contributed by atoms with E-state index in [1.165, 1.54) is 22.0 Å². The molecule has 1 saturated heterocycles. The molecule has 0 saturated carbocycles. The van der Waals surface area contributed by atoms with Gasteiger partial charge in [-0.2, -0.15) is 0 Å². The van der Waals surface area contributed by atoms with Gasteiger partial charge in [-0.15, -0.1) is 0 Å². The van der Waals surface area contributed by atoms with Gasteiger partial charge < -0.3 is 20.4 Å². The van der Waals surface area contributed by atoms with Crippen LogP contribution in [0, 0.1) is 6.92 Å². The number of aliphatic imine (C=N–C) groups is 1. The van der Waals surface area contributed by atoms with Crippen molar-refractivity contribution in [2.24, 2.45) is 4.99 Å². The predicted molar refractivity (Wildman–Crippen MR) is 108 cm³/mol. The second kappa shape index (κ2) is 9.59. The number of rotatable bonds is 7. The van der Waals surface area contributed by atoms with Gasteiger partial charge >= 0.3 is 0 Å². The summed E-state index contributed by atoms with van der Waals surface area (Å²) in [6, 6.07) is 6.40. The molecule has 0 unspecified atom stereocenters. The van der Waals surface area contributed by atoms with Crippen LogP contribution in [0.4, 0.5) is 0 Å². The van der Waals surface area contributed by atoms with Gasteiger partial charge in [-0.25, -0.2) is 0 Å². The minimum atomic E-state index is 0.807. The number of guanidine groups is 1. The maximum absolute atomic E-state index is 5.39. The van der Waals surface area contributed by atoms with Crippen molar-refractivity contribution in [1.29, 1.82) is 0 Å². The average molecular weight is 358 g/mol. The number of hydrogen-bond acceptors (Lipinski definition) is 3. The zero-order valence-corrected chi connectivity index (χ0v) is 16.0. The lowest BCUT2D eigenvalue weighted by Crippen LogP contribution is -2.40. The molecule has 1 aromatic heterocycles. The van der Waals surface area contributed by atoms with Gasteiger partial charge in [0.25, 0.3) is 0 Å². The van der Waals surface area contributed by atoms with Gasteiger partial charge in [0, 0.05) is 49.8 Å². The number of nitrogens with one attached hydrogen (secondary N) is 3. The Morgan fingerprint density at radius 2 is 2.12 bits per heavy atom. The molecule has 142 valence electrons. The highest BCUT2D eigenvalue weighted by Gasteiger charge is 2.09. The second-order valence-corrected chi connectivity index (χ2v) is 6.70. The highest BCUT2D eigenvalue weighted by molar-refractivity contribution is 5.86. The first-order valence-corrected chi connectivity index (χ1v) is 9.66. The molecule has 0 aliphatic carbocycles. The normalized spacial score (nSPS) is 16.2. The Bertz CT molecular complexity index is 718. The quantitative estimate of drug-likeness (QED) is 0.523. The zero-order valence-electron chi connectivity index (χ0n) is 16.0. The molecule has 1 aliphatic rings. The molecule has 1 aromatic carbocycles. The highest BCUT2D eigenvalue weighted by Crippen LogP contribution is 2.22. The summed E-state index contributed by atoms with van der Waals surface area (Å²) in [6.07, 6.45) is 3.10. The van der Waals surface area contributed by atoms with E-state index in [0.717, 1.165) is 64.9 Å². The summed E-state index contributed by atoms with van der Waals surface area (Å²) >= 11 is 0. The Labute approximate surface area is 156 Å². The van der Waals surface area contributed by atoms with Crippen LogP contribution in [0.2, 0.25) is 0 Å². The predicted octanol–water partition coefficient (Wildman–Crippen LogP) is 1.91. The summed E-state index contributed by atoms with van der Waals surface area (Å²) in [5, 5.41) is 8.15. The molecule has 0 bridgehead atoms. The Kier molecular flexibility index (Phi) is 6.91. The van der Waals surface area contributed by atoms with Crippen LogP contribution in [0.3, 0.4) is 0 Å². The highest BCUT2D eigenvalue weighted by atomic mass is 16.5. The van der Waals surface area contributed by atoms with Crippen molar-refractivity contribution in [2.45, 2.75) is 20.3 Å². The van der Waals surface area contributed by atoms with Crippen molar-refractivity contribution >= 4 is 16.9 Å². The van der Waals surface area contributed by atoms with E-state index in [4.69, 9.17) is 9.73 Å². The smallest absolute Gasteiger partial charge is 0.191 e. The standard InChI is InChI=1S/C20H31N5O/c1-3-21-20(23-9-10-25-11-13-26-14-12-25)22-8-7-17-15-24-18-6-4-5-16(2)19(17)18/h4-6,15,24H,3,7-14H2,1-2H3,(H2,21,22,23). The van der Waals surface area contributed by atoms with Gasteiger partial charge in [0.05, 0.1) is 19.8 Å². The van der Waals surface area contributed by atoms with Gasteiger partial charge in [-0.1, -0.05) is 12.1 Å². The molecule has 2 aromatic rings. The van der Waals surface area contributed by atoms with Crippen LogP contribution in [0.25, 0.3) is 10.9 Å². The lowest BCUT2D eigenvalue weighted by atomic mass is 10.1. The molecule has 1 fully saturated rings. The van der Waals surface area contributed by atoms with Crippen molar-refractivity contribution in [3.8, 4) is 0 Å². The number of aromatic amines is 1. The van der Waals surface area contributed by atoms with Crippen LogP contribution in [0.5, 0.6) is 0 Å². The molecule has 6 heteroatoms. The summed E-state index contributed by atoms with van der Waals surface area (Å²) in [5.74, 6) is 0.900. The molecule has 0 spiro atoms. The van der Waals surface area contributed by atoms with Gasteiger partial charge in [0.2, 0.25) is 0 Å². The number of hydrogen-bond donors (Lipinski definition) is 3. The van der Waals surface area contributed by atoms with Gasteiger partial charge in [-0.3, -0.25) is 9.89 Å². The SMILES string of the molecule is CCNC(=NCCN1CCOCC1)NCCc1c[nH]c2cccc(C)c12. The van der Waals surface area contributed by atoms with E-state index in [-0.39, 0.29) is 0 Å². The van der Waals surface area contributed by atoms with Crippen LogP contribution in [0.15, 0.2) is 29.4 Å². The third-order valence-corrected chi connectivity index (χ3v) is 4.82. The summed E-state index contributed by atoms with van der Waals surface area (Å²) < 4.78 is 5.39. The van der Waals surface area contributed by atoms with E-state index in [9.17, 15) is 0 Å². The first kappa shape index (κ1) is 18.7. The first-order chi connectivity index (χ1) is 12.8. The molecule has 26 heavy (non-hydrogen) atoms. The number of nitrogens with zero attached hydrogens (tertiary/aromatic N) is 2. The maximum Gasteiger partial charge on any atom is 0.191 e. The number of ether oxygens (including phenoxy) is 1. The lowest BCUT2D eigenvalue weighted by molar-refractivity contribution is 0.0394. The van der Waals surface area contributed by atoms with Crippen molar-refractivity contribution in [2.75, 3.05) is 52.5 Å². The number of aryl methyl sites for hydroxylation is 1. The topological polar surface area (TPSA) is 64.7 Å². The number of benzene rings is 1. The lowest BCUT2D eigenvalue weighted by Gasteiger charge is -2.25. The zero-order chi connectivity index (χ0) is 18.2. The summed E-state index contributed by atoms with van der Waals surface area (Å²) in [6.45, 7) is 11.5. The van der Waals surface area contributed by atoms with E-state index in [0.29, 0.717) is 0 Å². The molecule has 1 aliphatic heterocycles. The molecule has 6 nitrogen and oxygen atoms in total. The van der Waals surface area contributed by atoms with Crippen LogP contribution >= 0.6 is 0 Å². The van der Waals surface area contributed by atoms with Crippen molar-refractivity contribution < 1.29 is 4.74 Å². The Morgan fingerprint density at radius 3 is 2.92 bits per heavy atom. The van der Waals surface area contributed by atoms with E-state index in [1.807, 2.05) is 0 Å². The summed E-state index contributed by atoms with van der Waals surface area (Å²) in [5.41, 5.74) is 3.89. The van der Waals surface area contributed by atoms with Gasteiger partial charge in [-0.05, 0) is 37.5 Å². The molecule has 3 N–H and O–H groups in total. The van der Waals surface area contributed by atoms with Gasteiger partial charge in [0.15, 0.2) is 5.96 Å². The molecule has 0 atom stereocenters. The van der Waals surface area contributed by atoms with Crippen LogP contribution in [-0.2, 0) is 11.2 Å². The number of fused-ring (bicyclic) bond motifs is 1. The molecule has 0 amide bonds. The minimum Gasteiger partial charge on any atom is -0.379 e. The van der Waals surface area contributed by atoms with Crippen molar-refractivity contribution in [1.82, 2.24) is 20.5 Å². The molecule has 2 heterocycles. The molecule has 3 rings (SSSR count). The Morgan fingerprint density at radius 1 is 1.27 bits per heavy atom. The van der Waals surface area contributed by atoms with E-state index >= 15 is 0 Å². The summed E-state index contributed by atoms with van der Waals surface area (Å²) in [4.78, 5) is 10.5. The Balaban J connectivity index is 1.50. The van der Waals surface area contributed by atoms with Crippen LogP contribution < -0.4 is 10.6 Å². The summed E-state index contributed by atoms with van der Waals surface area (Å²) in [7, 11) is 0. The fourth-order valence-corrected chi connectivity index (χ4v) is 3.43. The first-order valence-electron chi connectivity index (χ1n) is 9.66. The molecule has 0 radical (unpaired) electrons. The van der Waals surface area contributed by atoms with Crippen LogP contribution in [-0.4, -0.2) is 68.3 Å². The van der Waals surface area contributed by atoms with Crippen molar-refractivity contribution in [3.05, 3.63) is 35.5 Å². The number of morpholine rings is 1. The van der Waals surface area contributed by atoms with Crippen molar-refractivity contribution in [3.63, 3.8) is 0 Å². The van der Waals surface area contributed by atoms with E-state index in [1.54, 1.807) is 0 Å². The second-order valence-electron chi connectivity index (χ2n) is 6.70. The monoisotopic (exact) mass is 357 g/mol. The van der Waals surface area contributed by atoms with E-state index < -0.39 is 0 Å². The largest absolute Gasteiger partial charge is 0.379 e. The fraction of sp³-hybridized carbons (Fsp3) is 0.550. The Hall–Kier alpha value is -2.05. The fourth-order valence-electron chi connectivity index (χ4n) is 3.43. The number of H-pyrrole nitrogens is 1. The minimum absolute atomic E-state index is 0.807. The molecular formula is C20H31N5O. The third kappa shape index (κ3) is 4.99. The number of aromatic nitrogens is 1. The van der Waals surface area contributed by atoms with Gasteiger partial charge in [0.1, 0.15) is 0 Å². The average Bonchev–Trinajstić information content (AvgIpc) is 3.07. The third-order valence-electron chi connectivity index (χ3n) is 4.82.